The third-order valence-corrected chi connectivity index (χ3v) is 5.03. The Morgan fingerprint density at radius 1 is 1.14 bits per heavy atom. The van der Waals surface area contributed by atoms with Gasteiger partial charge in [-0.15, -0.1) is 0 Å². The Balaban J connectivity index is 1.52. The van der Waals surface area contributed by atoms with Crippen LogP contribution in [0.5, 0.6) is 5.75 Å². The topological polar surface area (TPSA) is 73.6 Å². The minimum atomic E-state index is -0.120. The molecule has 140 valence electrons. The number of ether oxygens (including phenoxy) is 1. The van der Waals surface area contributed by atoms with Crippen molar-refractivity contribution in [2.75, 3.05) is 0 Å². The van der Waals surface area contributed by atoms with Gasteiger partial charge in [-0.2, -0.15) is 10.2 Å². The number of aromatic amines is 1. The molecule has 0 aliphatic heterocycles. The van der Waals surface area contributed by atoms with E-state index in [1.54, 1.807) is 4.68 Å². The lowest BCUT2D eigenvalue weighted by Crippen LogP contribution is -2.05. The van der Waals surface area contributed by atoms with Crippen molar-refractivity contribution in [2.45, 2.75) is 13.0 Å². The fourth-order valence-corrected chi connectivity index (χ4v) is 3.67. The Bertz CT molecular complexity index is 1290. The number of aryl methyl sites for hydroxylation is 2. The Labute approximate surface area is 161 Å². The fraction of sp³-hybridized carbons (Fsp3) is 0.190. The first-order valence-electron chi connectivity index (χ1n) is 9.14. The normalized spacial score (nSPS) is 12.7. The molecule has 5 aromatic rings. The van der Waals surface area contributed by atoms with Gasteiger partial charge in [0, 0.05) is 36.8 Å². The average Bonchev–Trinajstić information content (AvgIpc) is 3.40. The van der Waals surface area contributed by atoms with Gasteiger partial charge in [-0.3, -0.25) is 9.78 Å². The zero-order valence-electron chi connectivity index (χ0n) is 15.9. The molecule has 0 radical (unpaired) electrons. The Morgan fingerprint density at radius 3 is 2.86 bits per heavy atom. The lowest BCUT2D eigenvalue weighted by molar-refractivity contribution is 0.228. The minimum Gasteiger partial charge on any atom is -0.486 e. The van der Waals surface area contributed by atoms with E-state index in [0.717, 1.165) is 44.5 Å². The van der Waals surface area contributed by atoms with Gasteiger partial charge in [0.25, 0.3) is 0 Å². The summed E-state index contributed by atoms with van der Waals surface area (Å²) in [5.74, 6) is 0.797. The van der Waals surface area contributed by atoms with E-state index >= 15 is 0 Å². The number of fused-ring (bicyclic) bond motifs is 2. The van der Waals surface area contributed by atoms with Gasteiger partial charge >= 0.3 is 0 Å². The monoisotopic (exact) mass is 372 g/mol. The second-order valence-electron chi connectivity index (χ2n) is 7.01. The van der Waals surface area contributed by atoms with Crippen LogP contribution in [0.4, 0.5) is 0 Å². The highest BCUT2D eigenvalue weighted by atomic mass is 16.5. The van der Waals surface area contributed by atoms with E-state index in [9.17, 15) is 0 Å². The molecule has 7 heteroatoms. The lowest BCUT2D eigenvalue weighted by atomic mass is 10.1. The van der Waals surface area contributed by atoms with Crippen LogP contribution in [-0.2, 0) is 14.1 Å². The summed E-state index contributed by atoms with van der Waals surface area (Å²) >= 11 is 0. The summed E-state index contributed by atoms with van der Waals surface area (Å²) in [5, 5.41) is 12.8. The molecule has 0 aliphatic rings. The molecule has 1 unspecified atom stereocenters. The maximum atomic E-state index is 6.30. The van der Waals surface area contributed by atoms with Crippen molar-refractivity contribution in [1.82, 2.24) is 29.5 Å². The summed E-state index contributed by atoms with van der Waals surface area (Å²) in [7, 11) is 3.90. The largest absolute Gasteiger partial charge is 0.486 e. The highest BCUT2D eigenvalue weighted by molar-refractivity contribution is 5.93. The van der Waals surface area contributed by atoms with Crippen molar-refractivity contribution in [3.63, 3.8) is 0 Å². The first-order chi connectivity index (χ1) is 13.6. The molecular formula is C21H20N6O. The third kappa shape index (κ3) is 2.63. The predicted molar refractivity (Wildman–Crippen MR) is 108 cm³/mol. The van der Waals surface area contributed by atoms with Gasteiger partial charge in [-0.1, -0.05) is 12.1 Å². The maximum Gasteiger partial charge on any atom is 0.123 e. The van der Waals surface area contributed by atoms with E-state index in [1.165, 1.54) is 0 Å². The van der Waals surface area contributed by atoms with Gasteiger partial charge in [0.15, 0.2) is 0 Å². The number of aromatic nitrogens is 6. The quantitative estimate of drug-likeness (QED) is 0.518. The number of nitrogens with one attached hydrogen (secondary N) is 1. The summed E-state index contributed by atoms with van der Waals surface area (Å²) in [4.78, 5) is 4.44. The number of nitrogens with zero attached hydrogens (tertiary/aromatic N) is 5. The van der Waals surface area contributed by atoms with Crippen LogP contribution in [0.25, 0.3) is 33.2 Å². The summed E-state index contributed by atoms with van der Waals surface area (Å²) in [6.45, 7) is 2.06. The molecule has 2 aromatic carbocycles. The maximum absolute atomic E-state index is 6.30. The smallest absolute Gasteiger partial charge is 0.123 e. The van der Waals surface area contributed by atoms with Crippen LogP contribution in [0, 0.1) is 0 Å². The predicted octanol–water partition coefficient (Wildman–Crippen LogP) is 3.99. The first-order valence-corrected chi connectivity index (χ1v) is 9.14. The summed E-state index contributed by atoms with van der Waals surface area (Å²) < 4.78 is 10.1. The highest BCUT2D eigenvalue weighted by Crippen LogP contribution is 2.32. The van der Waals surface area contributed by atoms with E-state index < -0.39 is 0 Å². The molecule has 28 heavy (non-hydrogen) atoms. The van der Waals surface area contributed by atoms with Crippen LogP contribution in [0.1, 0.15) is 18.6 Å². The Hall–Kier alpha value is -3.61. The van der Waals surface area contributed by atoms with Crippen LogP contribution in [0.15, 0.2) is 55.1 Å². The average molecular weight is 372 g/mol. The number of benzene rings is 2. The van der Waals surface area contributed by atoms with E-state index in [1.807, 2.05) is 67.7 Å². The first kappa shape index (κ1) is 16.6. The number of rotatable bonds is 4. The van der Waals surface area contributed by atoms with E-state index in [4.69, 9.17) is 4.74 Å². The third-order valence-electron chi connectivity index (χ3n) is 5.03. The van der Waals surface area contributed by atoms with Crippen LogP contribution >= 0.6 is 0 Å². The van der Waals surface area contributed by atoms with Crippen molar-refractivity contribution < 1.29 is 4.74 Å². The molecule has 3 aromatic heterocycles. The molecule has 0 saturated heterocycles. The zero-order chi connectivity index (χ0) is 19.3. The number of H-pyrrole nitrogens is 1. The van der Waals surface area contributed by atoms with Gasteiger partial charge in [-0.25, -0.2) is 4.98 Å². The van der Waals surface area contributed by atoms with Gasteiger partial charge in [0.2, 0.25) is 0 Å². The minimum absolute atomic E-state index is 0.120. The van der Waals surface area contributed by atoms with Gasteiger partial charge < -0.3 is 9.30 Å². The second kappa shape index (κ2) is 6.23. The van der Waals surface area contributed by atoms with E-state index in [0.29, 0.717) is 0 Å². The van der Waals surface area contributed by atoms with E-state index in [2.05, 4.69) is 33.3 Å². The van der Waals surface area contributed by atoms with Gasteiger partial charge in [0.05, 0.1) is 29.1 Å². The number of hydrogen-bond donors (Lipinski definition) is 1. The van der Waals surface area contributed by atoms with Crippen molar-refractivity contribution >= 4 is 21.9 Å². The molecule has 0 bridgehead atoms. The molecule has 5 rings (SSSR count). The molecule has 3 heterocycles. The number of imidazole rings is 1. The number of hydrogen-bond acceptors (Lipinski definition) is 4. The summed E-state index contributed by atoms with van der Waals surface area (Å²) in [6.07, 6.45) is 5.48. The molecular weight excluding hydrogens is 352 g/mol. The zero-order valence-corrected chi connectivity index (χ0v) is 15.9. The van der Waals surface area contributed by atoms with Crippen LogP contribution in [0.3, 0.4) is 0 Å². The SMILES string of the molecule is CC(Oc1ccc2[nH]nc(-c3cnn(C)c3)c2c1)c1cccc2ncn(C)c12. The molecule has 0 aliphatic carbocycles. The molecule has 1 N–H and O–H groups in total. The molecule has 7 nitrogen and oxygen atoms in total. The summed E-state index contributed by atoms with van der Waals surface area (Å²) in [6, 6.07) is 12.1. The van der Waals surface area contributed by atoms with Gasteiger partial charge in [0.1, 0.15) is 17.5 Å². The molecule has 0 amide bonds. The van der Waals surface area contributed by atoms with Crippen molar-refractivity contribution in [3.8, 4) is 17.0 Å². The summed E-state index contributed by atoms with van der Waals surface area (Å²) in [5.41, 5.74) is 5.98. The van der Waals surface area contributed by atoms with Crippen LogP contribution < -0.4 is 4.74 Å². The molecule has 1 atom stereocenters. The van der Waals surface area contributed by atoms with Crippen molar-refractivity contribution in [3.05, 3.63) is 60.7 Å². The highest BCUT2D eigenvalue weighted by Gasteiger charge is 2.16. The molecule has 0 spiro atoms. The standard InChI is InChI=1S/C21H20N6O/c1-13(16-5-4-6-19-21(16)26(2)12-22-19)28-15-7-8-18-17(9-15)20(25-24-18)14-10-23-27(3)11-14/h4-13H,1-3H3,(H,24,25). The lowest BCUT2D eigenvalue weighted by Gasteiger charge is -2.17. The number of para-hydroxylation sites is 1. The van der Waals surface area contributed by atoms with Crippen molar-refractivity contribution in [1.29, 1.82) is 0 Å². The van der Waals surface area contributed by atoms with Crippen molar-refractivity contribution in [2.24, 2.45) is 14.1 Å². The fourth-order valence-electron chi connectivity index (χ4n) is 3.67. The van der Waals surface area contributed by atoms with Crippen LogP contribution in [-0.4, -0.2) is 29.5 Å². The Morgan fingerprint density at radius 2 is 2.04 bits per heavy atom. The van der Waals surface area contributed by atoms with Gasteiger partial charge in [-0.05, 0) is 31.2 Å². The molecule has 0 saturated carbocycles. The molecule has 0 fully saturated rings. The second-order valence-corrected chi connectivity index (χ2v) is 7.01. The Kier molecular flexibility index (Phi) is 3.68. The van der Waals surface area contributed by atoms with Crippen LogP contribution in [0.2, 0.25) is 0 Å². The van der Waals surface area contributed by atoms with E-state index in [-0.39, 0.29) is 6.10 Å².